The van der Waals surface area contributed by atoms with Crippen LogP contribution in [-0.4, -0.2) is 5.38 Å². The minimum Gasteiger partial charge on any atom is -0.123 e. The molecule has 1 unspecified atom stereocenters. The zero-order chi connectivity index (χ0) is 13.0. The largest absolute Gasteiger partial charge is 0.123 e. The van der Waals surface area contributed by atoms with E-state index < -0.39 is 0 Å². The predicted molar refractivity (Wildman–Crippen MR) is 80.5 cm³/mol. The normalized spacial score (nSPS) is 18.8. The first-order chi connectivity index (χ1) is 8.65. The molecular formula is C17H25Cl. The summed E-state index contributed by atoms with van der Waals surface area (Å²) in [6.07, 6.45) is 9.29. The molecule has 1 aromatic carbocycles. The molecule has 100 valence electrons. The van der Waals surface area contributed by atoms with Crippen LogP contribution in [0, 0.1) is 19.8 Å². The van der Waals surface area contributed by atoms with Gasteiger partial charge in [-0.15, -0.1) is 11.6 Å². The Balaban J connectivity index is 1.89. The van der Waals surface area contributed by atoms with Crippen molar-refractivity contribution in [2.24, 2.45) is 5.92 Å². The molecule has 0 spiro atoms. The number of halogens is 1. The average Bonchev–Trinajstić information content (AvgIpc) is 2.35. The molecule has 0 amide bonds. The minimum absolute atomic E-state index is 0.314. The highest BCUT2D eigenvalue weighted by atomic mass is 35.5. The van der Waals surface area contributed by atoms with Crippen molar-refractivity contribution in [1.29, 1.82) is 0 Å². The maximum Gasteiger partial charge on any atom is 0.0379 e. The zero-order valence-corrected chi connectivity index (χ0v) is 12.5. The molecule has 1 fully saturated rings. The highest BCUT2D eigenvalue weighted by Gasteiger charge is 2.18. The van der Waals surface area contributed by atoms with E-state index in [0.717, 1.165) is 12.3 Å². The fourth-order valence-electron chi connectivity index (χ4n) is 3.13. The van der Waals surface area contributed by atoms with Crippen LogP contribution in [0.15, 0.2) is 18.2 Å². The van der Waals surface area contributed by atoms with E-state index in [9.17, 15) is 0 Å². The number of benzene rings is 1. The third-order valence-electron chi connectivity index (χ3n) is 4.26. The van der Waals surface area contributed by atoms with E-state index in [-0.39, 0.29) is 0 Å². The Labute approximate surface area is 117 Å². The number of rotatable bonds is 4. The van der Waals surface area contributed by atoms with Crippen LogP contribution >= 0.6 is 11.6 Å². The molecule has 2 rings (SSSR count). The van der Waals surface area contributed by atoms with E-state index in [4.69, 9.17) is 11.6 Å². The molecule has 0 saturated heterocycles. The Kier molecular flexibility index (Phi) is 5.12. The third kappa shape index (κ3) is 4.02. The molecule has 0 radical (unpaired) electrons. The molecule has 1 aliphatic carbocycles. The summed E-state index contributed by atoms with van der Waals surface area (Å²) in [6.45, 7) is 4.35. The van der Waals surface area contributed by atoms with Gasteiger partial charge in [-0.05, 0) is 43.7 Å². The Hall–Kier alpha value is -0.490. The summed E-state index contributed by atoms with van der Waals surface area (Å²) in [6, 6.07) is 6.70. The van der Waals surface area contributed by atoms with Crippen molar-refractivity contribution in [1.82, 2.24) is 0 Å². The summed E-state index contributed by atoms with van der Waals surface area (Å²) in [5, 5.41) is 0.314. The Morgan fingerprint density at radius 3 is 2.61 bits per heavy atom. The minimum atomic E-state index is 0.314. The second-order valence-electron chi connectivity index (χ2n) is 5.97. The van der Waals surface area contributed by atoms with E-state index in [1.165, 1.54) is 55.2 Å². The molecule has 1 heteroatoms. The van der Waals surface area contributed by atoms with Crippen LogP contribution < -0.4 is 0 Å². The van der Waals surface area contributed by atoms with Crippen LogP contribution in [0.5, 0.6) is 0 Å². The van der Waals surface area contributed by atoms with Crippen molar-refractivity contribution in [3.8, 4) is 0 Å². The first-order valence-electron chi connectivity index (χ1n) is 7.35. The lowest BCUT2D eigenvalue weighted by Gasteiger charge is -2.24. The molecule has 1 atom stereocenters. The SMILES string of the molecule is Cc1ccc(C)c(CC(Cl)CC2CCCCC2)c1. The fourth-order valence-corrected chi connectivity index (χ4v) is 3.54. The van der Waals surface area contributed by atoms with Crippen molar-refractivity contribution in [2.75, 3.05) is 0 Å². The van der Waals surface area contributed by atoms with Crippen molar-refractivity contribution in [2.45, 2.75) is 64.2 Å². The second kappa shape index (κ2) is 6.61. The van der Waals surface area contributed by atoms with Crippen LogP contribution in [0.3, 0.4) is 0 Å². The second-order valence-corrected chi connectivity index (χ2v) is 6.59. The number of hydrogen-bond acceptors (Lipinski definition) is 0. The van der Waals surface area contributed by atoms with Gasteiger partial charge in [0, 0.05) is 5.38 Å². The summed E-state index contributed by atoms with van der Waals surface area (Å²) in [5.41, 5.74) is 4.16. The molecule has 0 N–H and O–H groups in total. The molecule has 0 heterocycles. The molecule has 1 aromatic rings. The number of hydrogen-bond donors (Lipinski definition) is 0. The number of alkyl halides is 1. The maximum absolute atomic E-state index is 6.57. The van der Waals surface area contributed by atoms with Gasteiger partial charge >= 0.3 is 0 Å². The monoisotopic (exact) mass is 264 g/mol. The molecular weight excluding hydrogens is 240 g/mol. The topological polar surface area (TPSA) is 0 Å². The lowest BCUT2D eigenvalue weighted by Crippen LogP contribution is -2.14. The van der Waals surface area contributed by atoms with Gasteiger partial charge in [-0.1, -0.05) is 55.9 Å². The molecule has 0 nitrogen and oxygen atoms in total. The lowest BCUT2D eigenvalue weighted by atomic mass is 9.85. The first kappa shape index (κ1) is 13.9. The van der Waals surface area contributed by atoms with Gasteiger partial charge in [-0.25, -0.2) is 0 Å². The van der Waals surface area contributed by atoms with E-state index in [1.54, 1.807) is 0 Å². The van der Waals surface area contributed by atoms with Crippen molar-refractivity contribution in [3.63, 3.8) is 0 Å². The van der Waals surface area contributed by atoms with Gasteiger partial charge in [0.2, 0.25) is 0 Å². The summed E-state index contributed by atoms with van der Waals surface area (Å²) in [5.74, 6) is 0.881. The quantitative estimate of drug-likeness (QED) is 0.637. The van der Waals surface area contributed by atoms with E-state index >= 15 is 0 Å². The van der Waals surface area contributed by atoms with Gasteiger partial charge in [-0.3, -0.25) is 0 Å². The predicted octanol–water partition coefficient (Wildman–Crippen LogP) is 5.42. The summed E-state index contributed by atoms with van der Waals surface area (Å²) >= 11 is 6.57. The van der Waals surface area contributed by atoms with Gasteiger partial charge < -0.3 is 0 Å². The zero-order valence-electron chi connectivity index (χ0n) is 11.7. The Morgan fingerprint density at radius 2 is 1.89 bits per heavy atom. The third-order valence-corrected chi connectivity index (χ3v) is 4.59. The molecule has 0 aromatic heterocycles. The fraction of sp³-hybridized carbons (Fsp3) is 0.647. The first-order valence-corrected chi connectivity index (χ1v) is 7.79. The Bertz CT molecular complexity index is 377. The van der Waals surface area contributed by atoms with Gasteiger partial charge in [0.05, 0.1) is 0 Å². The van der Waals surface area contributed by atoms with Crippen molar-refractivity contribution in [3.05, 3.63) is 34.9 Å². The van der Waals surface area contributed by atoms with E-state index in [1.807, 2.05) is 0 Å². The van der Waals surface area contributed by atoms with Crippen molar-refractivity contribution >= 4 is 11.6 Å². The highest BCUT2D eigenvalue weighted by Crippen LogP contribution is 2.30. The van der Waals surface area contributed by atoms with Crippen LogP contribution in [0.25, 0.3) is 0 Å². The molecule has 1 saturated carbocycles. The van der Waals surface area contributed by atoms with Gasteiger partial charge in [0.25, 0.3) is 0 Å². The van der Waals surface area contributed by atoms with Gasteiger partial charge in [0.15, 0.2) is 0 Å². The number of aryl methyl sites for hydroxylation is 2. The Morgan fingerprint density at radius 1 is 1.17 bits per heavy atom. The van der Waals surface area contributed by atoms with Crippen LogP contribution in [0.4, 0.5) is 0 Å². The molecule has 18 heavy (non-hydrogen) atoms. The molecule has 0 aliphatic heterocycles. The van der Waals surface area contributed by atoms with Crippen LogP contribution in [0.1, 0.15) is 55.2 Å². The molecule has 1 aliphatic rings. The molecule has 0 bridgehead atoms. The smallest absolute Gasteiger partial charge is 0.0379 e. The average molecular weight is 265 g/mol. The summed E-state index contributed by atoms with van der Waals surface area (Å²) in [7, 11) is 0. The summed E-state index contributed by atoms with van der Waals surface area (Å²) in [4.78, 5) is 0. The standard InChI is InChI=1S/C17H25Cl/c1-13-8-9-14(2)16(10-13)12-17(18)11-15-6-4-3-5-7-15/h8-10,15,17H,3-7,11-12H2,1-2H3. The van der Waals surface area contributed by atoms with E-state index in [2.05, 4.69) is 32.0 Å². The highest BCUT2D eigenvalue weighted by molar-refractivity contribution is 6.20. The van der Waals surface area contributed by atoms with E-state index in [0.29, 0.717) is 5.38 Å². The van der Waals surface area contributed by atoms with Crippen LogP contribution in [0.2, 0.25) is 0 Å². The van der Waals surface area contributed by atoms with Gasteiger partial charge in [0.1, 0.15) is 0 Å². The maximum atomic E-state index is 6.57. The van der Waals surface area contributed by atoms with Crippen molar-refractivity contribution < 1.29 is 0 Å². The summed E-state index contributed by atoms with van der Waals surface area (Å²) < 4.78 is 0. The lowest BCUT2D eigenvalue weighted by molar-refractivity contribution is 0.334. The van der Waals surface area contributed by atoms with Crippen LogP contribution in [-0.2, 0) is 6.42 Å². The van der Waals surface area contributed by atoms with Gasteiger partial charge in [-0.2, -0.15) is 0 Å².